The monoisotopic (exact) mass is 394 g/mol. The van der Waals surface area contributed by atoms with Gasteiger partial charge in [0.1, 0.15) is 11.6 Å². The predicted octanol–water partition coefficient (Wildman–Crippen LogP) is 3.64. The van der Waals surface area contributed by atoms with Crippen LogP contribution in [0.3, 0.4) is 0 Å². The van der Waals surface area contributed by atoms with Crippen molar-refractivity contribution in [1.29, 1.82) is 0 Å². The zero-order valence-corrected chi connectivity index (χ0v) is 17.1. The van der Waals surface area contributed by atoms with Crippen molar-refractivity contribution < 1.29 is 19.1 Å². The number of fused-ring (bicyclic) bond motifs is 1. The van der Waals surface area contributed by atoms with Crippen LogP contribution in [-0.4, -0.2) is 54.8 Å². The number of carbonyl (C=O) groups is 2. The molecule has 0 spiro atoms. The number of benzene rings is 1. The van der Waals surface area contributed by atoms with Crippen molar-refractivity contribution >= 4 is 29.4 Å². The zero-order valence-electron chi connectivity index (χ0n) is 16.3. The number of aryl methyl sites for hydroxylation is 1. The van der Waals surface area contributed by atoms with Gasteiger partial charge in [0.2, 0.25) is 0 Å². The SMILES string of the molecule is COC(=O)[C@H]1CC(N2CCCc3cc(Cl)ccc32)CN1C(=O)OC(C)(C)C. The lowest BCUT2D eigenvalue weighted by Crippen LogP contribution is -2.45. The number of amides is 1. The molecule has 2 heterocycles. The van der Waals surface area contributed by atoms with Crippen molar-refractivity contribution in [2.45, 2.75) is 57.7 Å². The first-order chi connectivity index (χ1) is 12.7. The minimum Gasteiger partial charge on any atom is -0.467 e. The van der Waals surface area contributed by atoms with E-state index in [2.05, 4.69) is 4.90 Å². The van der Waals surface area contributed by atoms with Gasteiger partial charge in [0.05, 0.1) is 7.11 Å². The number of carbonyl (C=O) groups excluding carboxylic acids is 2. The fraction of sp³-hybridized carbons (Fsp3) is 0.600. The first kappa shape index (κ1) is 19.8. The maximum Gasteiger partial charge on any atom is 0.411 e. The molecule has 0 radical (unpaired) electrons. The molecule has 0 aliphatic carbocycles. The molecule has 0 bridgehead atoms. The molecule has 148 valence electrons. The van der Waals surface area contributed by atoms with E-state index < -0.39 is 23.7 Å². The van der Waals surface area contributed by atoms with E-state index in [1.54, 1.807) is 0 Å². The summed E-state index contributed by atoms with van der Waals surface area (Å²) in [5.41, 5.74) is 1.72. The number of ether oxygens (including phenoxy) is 2. The summed E-state index contributed by atoms with van der Waals surface area (Å²) in [4.78, 5) is 28.8. The van der Waals surface area contributed by atoms with Crippen LogP contribution in [0.1, 0.15) is 39.2 Å². The van der Waals surface area contributed by atoms with Crippen molar-refractivity contribution in [3.63, 3.8) is 0 Å². The molecule has 7 heteroatoms. The Labute approximate surface area is 165 Å². The summed E-state index contributed by atoms with van der Waals surface area (Å²) in [6.07, 6.45) is 2.04. The Morgan fingerprint density at radius 2 is 2.00 bits per heavy atom. The Balaban J connectivity index is 1.84. The molecule has 1 unspecified atom stereocenters. The molecule has 0 N–H and O–H groups in total. The van der Waals surface area contributed by atoms with Crippen molar-refractivity contribution in [3.05, 3.63) is 28.8 Å². The number of nitrogens with zero attached hydrogens (tertiary/aromatic N) is 2. The summed E-state index contributed by atoms with van der Waals surface area (Å²) >= 11 is 6.14. The quantitative estimate of drug-likeness (QED) is 0.716. The third-order valence-electron chi connectivity index (χ3n) is 5.02. The van der Waals surface area contributed by atoms with Crippen LogP contribution in [0.2, 0.25) is 5.02 Å². The number of rotatable bonds is 2. The number of likely N-dealkylation sites (tertiary alicyclic amines) is 1. The fourth-order valence-electron chi connectivity index (χ4n) is 3.90. The van der Waals surface area contributed by atoms with Gasteiger partial charge in [0, 0.05) is 36.3 Å². The number of methoxy groups -OCH3 is 1. The Kier molecular flexibility index (Phi) is 5.56. The molecule has 3 rings (SSSR count). The molecular weight excluding hydrogens is 368 g/mol. The number of hydrogen-bond acceptors (Lipinski definition) is 5. The van der Waals surface area contributed by atoms with Gasteiger partial charge in [-0.05, 0) is 57.4 Å². The Hall–Kier alpha value is -1.95. The van der Waals surface area contributed by atoms with Crippen LogP contribution in [0.25, 0.3) is 0 Å². The lowest BCUT2D eigenvalue weighted by Gasteiger charge is -2.36. The van der Waals surface area contributed by atoms with E-state index in [0.717, 1.165) is 30.1 Å². The average Bonchev–Trinajstić information content (AvgIpc) is 3.04. The van der Waals surface area contributed by atoms with Crippen molar-refractivity contribution in [2.24, 2.45) is 0 Å². The number of anilines is 1. The summed E-state index contributed by atoms with van der Waals surface area (Å²) < 4.78 is 10.5. The van der Waals surface area contributed by atoms with Gasteiger partial charge in [-0.3, -0.25) is 4.90 Å². The van der Waals surface area contributed by atoms with Gasteiger partial charge in [0.15, 0.2) is 0 Å². The van der Waals surface area contributed by atoms with Crippen LogP contribution in [0.15, 0.2) is 18.2 Å². The molecule has 2 aliphatic rings. The first-order valence-electron chi connectivity index (χ1n) is 9.32. The molecule has 2 atom stereocenters. The van der Waals surface area contributed by atoms with Gasteiger partial charge in [-0.25, -0.2) is 9.59 Å². The van der Waals surface area contributed by atoms with Crippen LogP contribution >= 0.6 is 11.6 Å². The van der Waals surface area contributed by atoms with E-state index in [-0.39, 0.29) is 6.04 Å². The highest BCUT2D eigenvalue weighted by Gasteiger charge is 2.44. The highest BCUT2D eigenvalue weighted by Crippen LogP contribution is 2.35. The van der Waals surface area contributed by atoms with Crippen molar-refractivity contribution in [1.82, 2.24) is 4.90 Å². The molecule has 1 saturated heterocycles. The normalized spacial score (nSPS) is 22.4. The molecule has 2 aliphatic heterocycles. The third-order valence-corrected chi connectivity index (χ3v) is 5.25. The largest absolute Gasteiger partial charge is 0.467 e. The van der Waals surface area contributed by atoms with E-state index in [1.165, 1.54) is 17.6 Å². The lowest BCUT2D eigenvalue weighted by atomic mass is 9.99. The second kappa shape index (κ2) is 7.58. The number of esters is 1. The van der Waals surface area contributed by atoms with E-state index in [0.29, 0.717) is 13.0 Å². The van der Waals surface area contributed by atoms with Gasteiger partial charge in [0.25, 0.3) is 0 Å². The predicted molar refractivity (Wildman–Crippen MR) is 104 cm³/mol. The Morgan fingerprint density at radius 3 is 2.67 bits per heavy atom. The number of halogens is 1. The lowest BCUT2D eigenvalue weighted by molar-refractivity contribution is -0.145. The summed E-state index contributed by atoms with van der Waals surface area (Å²) in [5.74, 6) is -0.406. The maximum absolute atomic E-state index is 12.7. The summed E-state index contributed by atoms with van der Waals surface area (Å²) in [6.45, 7) is 6.76. The highest BCUT2D eigenvalue weighted by molar-refractivity contribution is 6.30. The molecule has 0 saturated carbocycles. The minimum atomic E-state index is -0.632. The van der Waals surface area contributed by atoms with Gasteiger partial charge in [-0.1, -0.05) is 11.6 Å². The average molecular weight is 395 g/mol. The van der Waals surface area contributed by atoms with Crippen molar-refractivity contribution in [2.75, 3.05) is 25.1 Å². The summed E-state index contributed by atoms with van der Waals surface area (Å²) in [5, 5.41) is 0.727. The Bertz CT molecular complexity index is 731. The van der Waals surface area contributed by atoms with Crippen molar-refractivity contribution in [3.8, 4) is 0 Å². The molecule has 27 heavy (non-hydrogen) atoms. The van der Waals surface area contributed by atoms with Crippen LogP contribution in [0.5, 0.6) is 0 Å². The smallest absolute Gasteiger partial charge is 0.411 e. The standard InChI is InChI=1S/C20H27ClN2O4/c1-20(2,3)27-19(25)23-12-15(11-17(23)18(24)26-4)22-9-5-6-13-10-14(21)7-8-16(13)22/h7-8,10,15,17H,5-6,9,11-12H2,1-4H3/t15?,17-/m1/s1. The molecular formula is C20H27ClN2O4. The van der Waals surface area contributed by atoms with E-state index in [1.807, 2.05) is 39.0 Å². The Morgan fingerprint density at radius 1 is 1.26 bits per heavy atom. The fourth-order valence-corrected chi connectivity index (χ4v) is 4.09. The molecule has 6 nitrogen and oxygen atoms in total. The molecule has 1 aromatic rings. The second-order valence-electron chi connectivity index (χ2n) is 8.13. The van der Waals surface area contributed by atoms with E-state index in [4.69, 9.17) is 21.1 Å². The molecule has 1 amide bonds. The zero-order chi connectivity index (χ0) is 19.8. The first-order valence-corrected chi connectivity index (χ1v) is 9.70. The van der Waals surface area contributed by atoms with Gasteiger partial charge in [-0.2, -0.15) is 0 Å². The molecule has 0 aromatic heterocycles. The van der Waals surface area contributed by atoms with E-state index >= 15 is 0 Å². The van der Waals surface area contributed by atoms with Crippen LogP contribution in [0.4, 0.5) is 10.5 Å². The van der Waals surface area contributed by atoms with Crippen LogP contribution < -0.4 is 4.90 Å². The molecule has 1 fully saturated rings. The van der Waals surface area contributed by atoms with Gasteiger partial charge in [-0.15, -0.1) is 0 Å². The topological polar surface area (TPSA) is 59.1 Å². The highest BCUT2D eigenvalue weighted by atomic mass is 35.5. The maximum atomic E-state index is 12.7. The van der Waals surface area contributed by atoms with Crippen LogP contribution in [0, 0.1) is 0 Å². The minimum absolute atomic E-state index is 0.0295. The van der Waals surface area contributed by atoms with E-state index in [9.17, 15) is 9.59 Å². The van der Waals surface area contributed by atoms with Gasteiger partial charge >= 0.3 is 12.1 Å². The van der Waals surface area contributed by atoms with Gasteiger partial charge < -0.3 is 14.4 Å². The molecule has 1 aromatic carbocycles. The third kappa shape index (κ3) is 4.32. The summed E-state index contributed by atoms with van der Waals surface area (Å²) in [6, 6.07) is 5.31. The second-order valence-corrected chi connectivity index (χ2v) is 8.57. The van der Waals surface area contributed by atoms with Crippen LogP contribution in [-0.2, 0) is 20.7 Å². The summed E-state index contributed by atoms with van der Waals surface area (Å²) in [7, 11) is 1.35. The number of hydrogen-bond donors (Lipinski definition) is 0.